The fourth-order valence-corrected chi connectivity index (χ4v) is 5.07. The molecule has 0 unspecified atom stereocenters. The van der Waals surface area contributed by atoms with Crippen molar-refractivity contribution in [1.29, 1.82) is 0 Å². The molecule has 0 radical (unpaired) electrons. The van der Waals surface area contributed by atoms with Crippen molar-refractivity contribution >= 4 is 40.2 Å². The number of fused-ring (bicyclic) bond motifs is 1. The molecule has 2 amide bonds. The second kappa shape index (κ2) is 7.72. The summed E-state index contributed by atoms with van der Waals surface area (Å²) in [4.78, 5) is 29.7. The van der Waals surface area contributed by atoms with Crippen molar-refractivity contribution < 1.29 is 9.59 Å². The number of hydrogen-bond acceptors (Lipinski definition) is 4. The Morgan fingerprint density at radius 3 is 2.52 bits per heavy atom. The maximum absolute atomic E-state index is 13.0. The van der Waals surface area contributed by atoms with Crippen LogP contribution in [0.1, 0.15) is 48.6 Å². The fourth-order valence-electron chi connectivity index (χ4n) is 4.24. The van der Waals surface area contributed by atoms with Crippen LogP contribution in [-0.2, 0) is 11.3 Å². The van der Waals surface area contributed by atoms with Crippen LogP contribution in [0.2, 0.25) is 0 Å². The third-order valence-corrected chi connectivity index (χ3v) is 7.10. The summed E-state index contributed by atoms with van der Waals surface area (Å²) in [7, 11) is 2.11. The van der Waals surface area contributed by atoms with Crippen molar-refractivity contribution in [3.63, 3.8) is 0 Å². The van der Waals surface area contributed by atoms with Gasteiger partial charge >= 0.3 is 0 Å². The van der Waals surface area contributed by atoms with Crippen molar-refractivity contribution in [2.24, 2.45) is 0 Å². The highest BCUT2D eigenvalue weighted by molar-refractivity contribution is 8.18. The van der Waals surface area contributed by atoms with E-state index in [1.165, 1.54) is 16.2 Å². The molecule has 0 N–H and O–H groups in total. The number of anilines is 1. The molecule has 0 bridgehead atoms. The number of allylic oxidation sites excluding steroid dienone is 1. The Bertz CT molecular complexity index is 1160. The molecule has 2 heterocycles. The van der Waals surface area contributed by atoms with Gasteiger partial charge < -0.3 is 4.90 Å². The summed E-state index contributed by atoms with van der Waals surface area (Å²) in [6.07, 6.45) is 4.13. The Hall–Kier alpha value is -2.79. The van der Waals surface area contributed by atoms with Crippen LogP contribution in [0, 0.1) is 13.8 Å². The molecule has 2 aliphatic heterocycles. The molecular weight excluding hydrogens is 404 g/mol. The first kappa shape index (κ1) is 21.4. The minimum atomic E-state index is -0.223. The molecule has 2 aromatic carbocycles. The summed E-state index contributed by atoms with van der Waals surface area (Å²) < 4.78 is 0. The van der Waals surface area contributed by atoms with Gasteiger partial charge in [0.05, 0.1) is 17.0 Å². The number of aryl methyl sites for hydroxylation is 2. The van der Waals surface area contributed by atoms with Gasteiger partial charge in [0.1, 0.15) is 0 Å². The molecule has 31 heavy (non-hydrogen) atoms. The Labute approximate surface area is 188 Å². The fraction of sp³-hybridized carbons (Fsp3) is 0.308. The van der Waals surface area contributed by atoms with E-state index in [2.05, 4.69) is 57.9 Å². The Morgan fingerprint density at radius 2 is 1.81 bits per heavy atom. The van der Waals surface area contributed by atoms with Gasteiger partial charge in [-0.15, -0.1) is 0 Å². The first-order valence-corrected chi connectivity index (χ1v) is 11.3. The molecule has 0 spiro atoms. The minimum Gasteiger partial charge on any atom is -0.365 e. The first-order chi connectivity index (χ1) is 14.6. The SMILES string of the molecule is CC1=CC(C)(C)N(C)c2cc(C)c(/C=C3/SC(=O)N(Cc4cccc(C)c4)C3=O)cc21. The van der Waals surface area contributed by atoms with E-state index in [4.69, 9.17) is 0 Å². The summed E-state index contributed by atoms with van der Waals surface area (Å²) in [5.41, 5.74) is 7.65. The van der Waals surface area contributed by atoms with Gasteiger partial charge in [0, 0.05) is 18.3 Å². The van der Waals surface area contributed by atoms with Crippen LogP contribution in [0.3, 0.4) is 0 Å². The van der Waals surface area contributed by atoms with Crippen LogP contribution in [0.4, 0.5) is 10.5 Å². The van der Waals surface area contributed by atoms with E-state index in [-0.39, 0.29) is 16.7 Å². The van der Waals surface area contributed by atoms with Crippen LogP contribution in [0.25, 0.3) is 11.6 Å². The Morgan fingerprint density at radius 1 is 1.06 bits per heavy atom. The normalized spacial score (nSPS) is 19.2. The van der Waals surface area contributed by atoms with Crippen LogP contribution in [-0.4, -0.2) is 28.6 Å². The quantitative estimate of drug-likeness (QED) is 0.544. The van der Waals surface area contributed by atoms with E-state index in [1.807, 2.05) is 37.3 Å². The van der Waals surface area contributed by atoms with Gasteiger partial charge in [0.15, 0.2) is 0 Å². The number of nitrogens with zero attached hydrogens (tertiary/aromatic N) is 2. The lowest BCUT2D eigenvalue weighted by molar-refractivity contribution is -0.123. The van der Waals surface area contributed by atoms with Crippen molar-refractivity contribution in [2.45, 2.75) is 46.7 Å². The predicted octanol–water partition coefficient (Wildman–Crippen LogP) is 6.17. The average Bonchev–Trinajstić information content (AvgIpc) is 2.94. The maximum Gasteiger partial charge on any atom is 0.293 e. The van der Waals surface area contributed by atoms with Crippen LogP contribution in [0.5, 0.6) is 0 Å². The lowest BCUT2D eigenvalue weighted by Crippen LogP contribution is -2.42. The van der Waals surface area contributed by atoms with E-state index < -0.39 is 0 Å². The smallest absolute Gasteiger partial charge is 0.293 e. The molecular formula is C26H28N2O2S. The molecule has 2 aromatic rings. The van der Waals surface area contributed by atoms with Crippen LogP contribution < -0.4 is 4.90 Å². The molecule has 0 saturated carbocycles. The second-order valence-corrected chi connectivity index (χ2v) is 10.0. The number of likely N-dealkylation sites (N-methyl/N-ethyl adjacent to an activating group) is 1. The average molecular weight is 433 g/mol. The van der Waals surface area contributed by atoms with Gasteiger partial charge in [-0.2, -0.15) is 0 Å². The summed E-state index contributed by atoms with van der Waals surface area (Å²) in [6.45, 7) is 10.9. The van der Waals surface area contributed by atoms with Gasteiger partial charge in [-0.25, -0.2) is 0 Å². The first-order valence-electron chi connectivity index (χ1n) is 10.5. The van der Waals surface area contributed by atoms with Crippen molar-refractivity contribution in [1.82, 2.24) is 4.90 Å². The summed E-state index contributed by atoms with van der Waals surface area (Å²) in [5.74, 6) is -0.223. The number of benzene rings is 2. The maximum atomic E-state index is 13.0. The zero-order valence-corrected chi connectivity index (χ0v) is 19.8. The van der Waals surface area contributed by atoms with Crippen LogP contribution in [0.15, 0.2) is 47.4 Å². The molecule has 5 heteroatoms. The number of carbonyl (C=O) groups is 2. The molecule has 0 atom stereocenters. The Balaban J connectivity index is 1.66. The standard InChI is InChI=1S/C26H28N2O2S/c1-16-8-7-9-19(10-16)15-28-24(29)23(31-25(28)30)13-20-12-21-18(3)14-26(4,5)27(6)22(21)11-17(20)2/h7-14H,15H2,1-6H3/b23-13+. The van der Waals surface area contributed by atoms with Gasteiger partial charge in [-0.05, 0) is 86.9 Å². The number of imide groups is 1. The van der Waals surface area contributed by atoms with Gasteiger partial charge in [0.25, 0.3) is 11.1 Å². The highest BCUT2D eigenvalue weighted by Gasteiger charge is 2.35. The summed E-state index contributed by atoms with van der Waals surface area (Å²) >= 11 is 1.02. The van der Waals surface area contributed by atoms with Crippen molar-refractivity contribution in [3.8, 4) is 0 Å². The number of rotatable bonds is 3. The monoisotopic (exact) mass is 432 g/mol. The summed E-state index contributed by atoms with van der Waals surface area (Å²) in [6, 6.07) is 12.2. The zero-order valence-electron chi connectivity index (χ0n) is 18.9. The summed E-state index contributed by atoms with van der Waals surface area (Å²) in [5, 5.41) is -0.217. The molecule has 160 valence electrons. The largest absolute Gasteiger partial charge is 0.365 e. The van der Waals surface area contributed by atoms with Gasteiger partial charge in [-0.1, -0.05) is 35.9 Å². The lowest BCUT2D eigenvalue weighted by Gasteiger charge is -2.41. The van der Waals surface area contributed by atoms with E-state index in [0.717, 1.165) is 39.6 Å². The highest BCUT2D eigenvalue weighted by Crippen LogP contribution is 2.40. The molecule has 1 saturated heterocycles. The van der Waals surface area contributed by atoms with Crippen molar-refractivity contribution in [2.75, 3.05) is 11.9 Å². The number of carbonyl (C=O) groups excluding carboxylic acids is 2. The third kappa shape index (κ3) is 3.94. The van der Waals surface area contributed by atoms with Gasteiger partial charge in [0.2, 0.25) is 0 Å². The predicted molar refractivity (Wildman–Crippen MR) is 130 cm³/mol. The number of hydrogen-bond donors (Lipinski definition) is 0. The van der Waals surface area contributed by atoms with Crippen LogP contribution >= 0.6 is 11.8 Å². The topological polar surface area (TPSA) is 40.6 Å². The van der Waals surface area contributed by atoms with Gasteiger partial charge in [-0.3, -0.25) is 14.5 Å². The van der Waals surface area contributed by atoms with Crippen molar-refractivity contribution in [3.05, 3.63) is 75.2 Å². The third-order valence-electron chi connectivity index (χ3n) is 6.19. The number of amides is 2. The molecule has 4 rings (SSSR count). The molecule has 1 fully saturated rings. The molecule has 0 aromatic heterocycles. The minimum absolute atomic E-state index is 0.0521. The zero-order chi connectivity index (χ0) is 22.5. The Kier molecular flexibility index (Phi) is 5.34. The highest BCUT2D eigenvalue weighted by atomic mass is 32.2. The molecule has 4 nitrogen and oxygen atoms in total. The van der Waals surface area contributed by atoms with E-state index in [1.54, 1.807) is 0 Å². The van der Waals surface area contributed by atoms with E-state index in [9.17, 15) is 9.59 Å². The van der Waals surface area contributed by atoms with E-state index in [0.29, 0.717) is 11.4 Å². The number of thioether (sulfide) groups is 1. The lowest BCUT2D eigenvalue weighted by atomic mass is 9.87. The van der Waals surface area contributed by atoms with E-state index >= 15 is 0 Å². The second-order valence-electron chi connectivity index (χ2n) is 9.02. The molecule has 2 aliphatic rings. The molecule has 0 aliphatic carbocycles.